The smallest absolute Gasteiger partial charge is 0.308 e. The van der Waals surface area contributed by atoms with Crippen LogP contribution >= 0.6 is 11.8 Å². The third-order valence-electron chi connectivity index (χ3n) is 3.63. The van der Waals surface area contributed by atoms with Crippen molar-refractivity contribution in [2.75, 3.05) is 19.3 Å². The Kier molecular flexibility index (Phi) is 4.70. The van der Waals surface area contributed by atoms with Crippen molar-refractivity contribution in [1.82, 2.24) is 4.90 Å². The molecule has 108 valence electrons. The van der Waals surface area contributed by atoms with Crippen LogP contribution in [0.15, 0.2) is 29.2 Å². The van der Waals surface area contributed by atoms with E-state index in [0.29, 0.717) is 25.1 Å². The maximum atomic E-state index is 12.4. The van der Waals surface area contributed by atoms with Gasteiger partial charge in [-0.05, 0) is 42.9 Å². The largest absolute Gasteiger partial charge is 0.481 e. The van der Waals surface area contributed by atoms with Crippen LogP contribution < -0.4 is 0 Å². The SMILES string of the molecule is CSc1ccc(C(=O)N2CC(C)CC(C(=O)O)C2)cc1. The minimum Gasteiger partial charge on any atom is -0.481 e. The lowest BCUT2D eigenvalue weighted by Gasteiger charge is -2.34. The van der Waals surface area contributed by atoms with Crippen molar-refractivity contribution in [3.63, 3.8) is 0 Å². The molecule has 0 aliphatic carbocycles. The molecule has 1 N–H and O–H groups in total. The van der Waals surface area contributed by atoms with Gasteiger partial charge < -0.3 is 10.0 Å². The third kappa shape index (κ3) is 3.33. The first-order valence-corrected chi connectivity index (χ1v) is 7.90. The minimum absolute atomic E-state index is 0.0737. The number of rotatable bonds is 3. The van der Waals surface area contributed by atoms with Gasteiger partial charge in [0.05, 0.1) is 5.92 Å². The molecular formula is C15H19NO3S. The molecule has 0 aromatic heterocycles. The molecule has 1 saturated heterocycles. The Balaban J connectivity index is 2.12. The van der Waals surface area contributed by atoms with Crippen molar-refractivity contribution in [2.45, 2.75) is 18.2 Å². The van der Waals surface area contributed by atoms with Crippen LogP contribution in [0.1, 0.15) is 23.7 Å². The maximum Gasteiger partial charge on any atom is 0.308 e. The van der Waals surface area contributed by atoms with E-state index in [1.807, 2.05) is 37.4 Å². The van der Waals surface area contributed by atoms with Gasteiger partial charge in [-0.25, -0.2) is 0 Å². The summed E-state index contributed by atoms with van der Waals surface area (Å²) in [5, 5.41) is 9.15. The Labute approximate surface area is 123 Å². The fourth-order valence-electron chi connectivity index (χ4n) is 2.61. The molecule has 2 atom stereocenters. The van der Waals surface area contributed by atoms with Gasteiger partial charge in [0.2, 0.25) is 0 Å². The van der Waals surface area contributed by atoms with E-state index >= 15 is 0 Å². The van der Waals surface area contributed by atoms with Gasteiger partial charge in [-0.2, -0.15) is 0 Å². The Morgan fingerprint density at radius 1 is 1.25 bits per heavy atom. The van der Waals surface area contributed by atoms with Crippen molar-refractivity contribution in [3.8, 4) is 0 Å². The Bertz CT molecular complexity index is 500. The topological polar surface area (TPSA) is 57.6 Å². The van der Waals surface area contributed by atoms with E-state index in [1.54, 1.807) is 16.7 Å². The van der Waals surface area contributed by atoms with Crippen molar-refractivity contribution in [3.05, 3.63) is 29.8 Å². The molecule has 0 saturated carbocycles. The molecule has 1 aliphatic rings. The van der Waals surface area contributed by atoms with E-state index in [2.05, 4.69) is 0 Å². The van der Waals surface area contributed by atoms with Crippen molar-refractivity contribution >= 4 is 23.6 Å². The number of likely N-dealkylation sites (tertiary alicyclic amines) is 1. The van der Waals surface area contributed by atoms with Crippen LogP contribution in [0, 0.1) is 11.8 Å². The second-order valence-electron chi connectivity index (χ2n) is 5.31. The molecule has 0 spiro atoms. The second kappa shape index (κ2) is 6.31. The summed E-state index contributed by atoms with van der Waals surface area (Å²) in [5.41, 5.74) is 0.626. The first kappa shape index (κ1) is 14.9. The van der Waals surface area contributed by atoms with Crippen LogP contribution in [-0.4, -0.2) is 41.2 Å². The molecule has 1 heterocycles. The highest BCUT2D eigenvalue weighted by Crippen LogP contribution is 2.24. The van der Waals surface area contributed by atoms with Crippen molar-refractivity contribution in [2.24, 2.45) is 11.8 Å². The first-order valence-electron chi connectivity index (χ1n) is 6.67. The molecule has 2 rings (SSSR count). The molecule has 0 radical (unpaired) electrons. The van der Waals surface area contributed by atoms with E-state index in [-0.39, 0.29) is 11.8 Å². The quantitative estimate of drug-likeness (QED) is 0.870. The molecule has 1 aromatic carbocycles. The van der Waals surface area contributed by atoms with Crippen LogP contribution in [0.25, 0.3) is 0 Å². The van der Waals surface area contributed by atoms with Gasteiger partial charge in [0.25, 0.3) is 5.91 Å². The lowest BCUT2D eigenvalue weighted by Crippen LogP contribution is -2.45. The average molecular weight is 293 g/mol. The molecular weight excluding hydrogens is 274 g/mol. The number of hydrogen-bond donors (Lipinski definition) is 1. The van der Waals surface area contributed by atoms with E-state index in [1.165, 1.54) is 0 Å². The second-order valence-corrected chi connectivity index (χ2v) is 6.19. The highest BCUT2D eigenvalue weighted by Gasteiger charge is 2.32. The molecule has 1 aromatic rings. The van der Waals surface area contributed by atoms with Crippen LogP contribution in [0.2, 0.25) is 0 Å². The highest BCUT2D eigenvalue weighted by atomic mass is 32.2. The van der Waals surface area contributed by atoms with Gasteiger partial charge >= 0.3 is 5.97 Å². The Morgan fingerprint density at radius 3 is 2.45 bits per heavy atom. The van der Waals surface area contributed by atoms with Crippen LogP contribution in [-0.2, 0) is 4.79 Å². The number of carbonyl (C=O) groups is 2. The van der Waals surface area contributed by atoms with E-state index in [4.69, 9.17) is 5.11 Å². The lowest BCUT2D eigenvalue weighted by molar-refractivity contribution is -0.143. The number of thioether (sulfide) groups is 1. The summed E-state index contributed by atoms with van der Waals surface area (Å²) in [7, 11) is 0. The number of carbonyl (C=O) groups excluding carboxylic acids is 1. The van der Waals surface area contributed by atoms with Gasteiger partial charge in [0, 0.05) is 23.5 Å². The molecule has 20 heavy (non-hydrogen) atoms. The summed E-state index contributed by atoms with van der Waals surface area (Å²) in [6.07, 6.45) is 2.63. The molecule has 1 fully saturated rings. The summed E-state index contributed by atoms with van der Waals surface area (Å²) < 4.78 is 0. The zero-order valence-corrected chi connectivity index (χ0v) is 12.5. The molecule has 0 bridgehead atoms. The van der Waals surface area contributed by atoms with Crippen LogP contribution in [0.3, 0.4) is 0 Å². The maximum absolute atomic E-state index is 12.4. The number of hydrogen-bond acceptors (Lipinski definition) is 3. The molecule has 5 heteroatoms. The Hall–Kier alpha value is -1.49. The number of carboxylic acids is 1. The monoisotopic (exact) mass is 293 g/mol. The standard InChI is InChI=1S/C15H19NO3S/c1-10-7-12(15(18)19)9-16(8-10)14(17)11-3-5-13(20-2)6-4-11/h3-6,10,12H,7-9H2,1-2H3,(H,18,19). The van der Waals surface area contributed by atoms with Gasteiger partial charge in [-0.3, -0.25) is 9.59 Å². The van der Waals surface area contributed by atoms with Gasteiger partial charge in [0.15, 0.2) is 0 Å². The van der Waals surface area contributed by atoms with Gasteiger partial charge in [-0.1, -0.05) is 6.92 Å². The normalized spacial score (nSPS) is 22.6. The molecule has 2 unspecified atom stereocenters. The minimum atomic E-state index is -0.813. The van der Waals surface area contributed by atoms with E-state index in [0.717, 1.165) is 4.90 Å². The van der Waals surface area contributed by atoms with Crippen molar-refractivity contribution in [1.29, 1.82) is 0 Å². The average Bonchev–Trinajstić information content (AvgIpc) is 2.46. The number of carboxylic acid groups (broad SMARTS) is 1. The summed E-state index contributed by atoms with van der Waals surface area (Å²) in [6.45, 7) is 2.93. The van der Waals surface area contributed by atoms with E-state index in [9.17, 15) is 9.59 Å². The van der Waals surface area contributed by atoms with Crippen LogP contribution in [0.5, 0.6) is 0 Å². The Morgan fingerprint density at radius 2 is 1.90 bits per heavy atom. The van der Waals surface area contributed by atoms with Gasteiger partial charge in [0.1, 0.15) is 0 Å². The number of aliphatic carboxylic acids is 1. The predicted molar refractivity (Wildman–Crippen MR) is 79.0 cm³/mol. The lowest BCUT2D eigenvalue weighted by atomic mass is 9.90. The third-order valence-corrected chi connectivity index (χ3v) is 4.38. The number of nitrogens with zero attached hydrogens (tertiary/aromatic N) is 1. The predicted octanol–water partition coefficient (Wildman–Crippen LogP) is 2.59. The molecule has 1 aliphatic heterocycles. The highest BCUT2D eigenvalue weighted by molar-refractivity contribution is 7.98. The van der Waals surface area contributed by atoms with Gasteiger partial charge in [-0.15, -0.1) is 11.8 Å². The molecule has 1 amide bonds. The zero-order chi connectivity index (χ0) is 14.7. The zero-order valence-electron chi connectivity index (χ0n) is 11.7. The first-order chi connectivity index (χ1) is 9.51. The summed E-state index contributed by atoms with van der Waals surface area (Å²) in [6, 6.07) is 7.45. The number of benzene rings is 1. The summed E-state index contributed by atoms with van der Waals surface area (Å²) in [5.74, 6) is -1.12. The molecule has 4 nitrogen and oxygen atoms in total. The fourth-order valence-corrected chi connectivity index (χ4v) is 3.02. The fraction of sp³-hybridized carbons (Fsp3) is 0.467. The number of amides is 1. The number of piperidine rings is 1. The van der Waals surface area contributed by atoms with Crippen LogP contribution in [0.4, 0.5) is 0 Å². The van der Waals surface area contributed by atoms with E-state index < -0.39 is 11.9 Å². The summed E-state index contributed by atoms with van der Waals surface area (Å²) in [4.78, 5) is 26.4. The summed E-state index contributed by atoms with van der Waals surface area (Å²) >= 11 is 1.63. The van der Waals surface area contributed by atoms with Crippen molar-refractivity contribution < 1.29 is 14.7 Å².